The maximum atomic E-state index is 12.6. The zero-order chi connectivity index (χ0) is 18.7. The van der Waals surface area contributed by atoms with Crippen LogP contribution in [0.2, 0.25) is 0 Å². The molecule has 1 N–H and O–H groups in total. The van der Waals surface area contributed by atoms with Gasteiger partial charge in [-0.1, -0.05) is 0 Å². The van der Waals surface area contributed by atoms with Crippen LogP contribution in [0.1, 0.15) is 34.6 Å². The first kappa shape index (κ1) is 18.6. The van der Waals surface area contributed by atoms with Gasteiger partial charge in [-0.25, -0.2) is 4.68 Å². The third-order valence-corrected chi connectivity index (χ3v) is 5.33. The van der Waals surface area contributed by atoms with E-state index in [2.05, 4.69) is 29.4 Å². The zero-order valence-corrected chi connectivity index (χ0v) is 16.1. The number of nitrogens with one attached hydrogen (secondary N) is 1. The molecule has 0 aliphatic carbocycles. The first-order chi connectivity index (χ1) is 12.4. The van der Waals surface area contributed by atoms with Crippen LogP contribution in [-0.2, 0) is 4.74 Å². The van der Waals surface area contributed by atoms with Crippen molar-refractivity contribution in [1.29, 1.82) is 0 Å². The molecule has 2 aromatic rings. The number of hydrogen-bond acceptors (Lipinski definition) is 4. The number of likely N-dealkylation sites (N-methyl/N-ethyl adjacent to an activating group) is 1. The Hall–Kier alpha value is -2.18. The summed E-state index contributed by atoms with van der Waals surface area (Å²) in [5.74, 6) is -0.0439. The van der Waals surface area contributed by atoms with Crippen molar-refractivity contribution in [2.45, 2.75) is 32.2 Å². The van der Waals surface area contributed by atoms with E-state index in [-0.39, 0.29) is 11.4 Å². The molecule has 26 heavy (non-hydrogen) atoms. The van der Waals surface area contributed by atoms with Gasteiger partial charge in [0.05, 0.1) is 11.4 Å². The van der Waals surface area contributed by atoms with E-state index in [0.717, 1.165) is 43.1 Å². The molecule has 140 valence electrons. The van der Waals surface area contributed by atoms with Crippen molar-refractivity contribution in [3.05, 3.63) is 47.3 Å². The summed E-state index contributed by atoms with van der Waals surface area (Å²) in [7, 11) is 4.14. The quantitative estimate of drug-likeness (QED) is 0.893. The molecule has 1 fully saturated rings. The van der Waals surface area contributed by atoms with Crippen LogP contribution < -0.4 is 5.32 Å². The molecule has 6 heteroatoms. The molecular formula is C20H28N4O2. The van der Waals surface area contributed by atoms with E-state index in [1.54, 1.807) is 0 Å². The minimum absolute atomic E-state index is 0.0302. The highest BCUT2D eigenvalue weighted by Gasteiger charge is 2.35. The Bertz CT molecular complexity index is 759. The lowest BCUT2D eigenvalue weighted by atomic mass is 9.88. The van der Waals surface area contributed by atoms with Gasteiger partial charge in [0.2, 0.25) is 0 Å². The van der Waals surface area contributed by atoms with Crippen molar-refractivity contribution < 1.29 is 9.53 Å². The minimum Gasteiger partial charge on any atom is -0.381 e. The zero-order valence-electron chi connectivity index (χ0n) is 16.1. The molecule has 1 aliphatic heterocycles. The fourth-order valence-corrected chi connectivity index (χ4v) is 3.52. The summed E-state index contributed by atoms with van der Waals surface area (Å²) in [5.41, 5.74) is 3.65. The Kier molecular flexibility index (Phi) is 5.44. The summed E-state index contributed by atoms with van der Waals surface area (Å²) in [5, 5.41) is 7.59. The fourth-order valence-electron chi connectivity index (χ4n) is 3.52. The van der Waals surface area contributed by atoms with Crippen LogP contribution in [0.5, 0.6) is 0 Å². The molecule has 6 nitrogen and oxygen atoms in total. The Morgan fingerprint density at radius 3 is 2.42 bits per heavy atom. The molecule has 0 atom stereocenters. The summed E-state index contributed by atoms with van der Waals surface area (Å²) in [6.45, 7) is 6.11. The van der Waals surface area contributed by atoms with Crippen LogP contribution in [-0.4, -0.2) is 60.0 Å². The highest BCUT2D eigenvalue weighted by molar-refractivity contribution is 5.94. The number of hydrogen-bond donors (Lipinski definition) is 1. The van der Waals surface area contributed by atoms with Crippen molar-refractivity contribution in [2.24, 2.45) is 0 Å². The van der Waals surface area contributed by atoms with Crippen molar-refractivity contribution in [2.75, 3.05) is 33.9 Å². The standard InChI is InChI=1S/C20H28N4O2/c1-15-13-16(2)24(22-15)18-7-5-17(6-8-18)19(25)21-14-20(23(3)4)9-11-26-12-10-20/h5-8,13H,9-12,14H2,1-4H3,(H,21,25). The van der Waals surface area contributed by atoms with Gasteiger partial charge in [-0.15, -0.1) is 0 Å². The van der Waals surface area contributed by atoms with Crippen LogP contribution in [0, 0.1) is 13.8 Å². The second-order valence-corrected chi connectivity index (χ2v) is 7.30. The highest BCUT2D eigenvalue weighted by atomic mass is 16.5. The number of nitrogens with zero attached hydrogens (tertiary/aromatic N) is 3. The molecule has 0 spiro atoms. The maximum Gasteiger partial charge on any atom is 0.251 e. The van der Waals surface area contributed by atoms with Crippen LogP contribution in [0.4, 0.5) is 0 Å². The molecule has 3 rings (SSSR count). The minimum atomic E-state index is -0.0439. The second kappa shape index (κ2) is 7.60. The van der Waals surface area contributed by atoms with Crippen LogP contribution in [0.3, 0.4) is 0 Å². The monoisotopic (exact) mass is 356 g/mol. The van der Waals surface area contributed by atoms with Crippen LogP contribution in [0.15, 0.2) is 30.3 Å². The van der Waals surface area contributed by atoms with E-state index >= 15 is 0 Å². The number of aryl methyl sites for hydroxylation is 2. The van der Waals surface area contributed by atoms with Gasteiger partial charge < -0.3 is 15.0 Å². The average molecular weight is 356 g/mol. The largest absolute Gasteiger partial charge is 0.381 e. The van der Waals surface area contributed by atoms with Gasteiger partial charge in [-0.2, -0.15) is 5.10 Å². The van der Waals surface area contributed by atoms with E-state index in [0.29, 0.717) is 12.1 Å². The molecule has 1 saturated heterocycles. The highest BCUT2D eigenvalue weighted by Crippen LogP contribution is 2.25. The Morgan fingerprint density at radius 1 is 1.23 bits per heavy atom. The third-order valence-electron chi connectivity index (χ3n) is 5.33. The molecular weight excluding hydrogens is 328 g/mol. The van der Waals surface area contributed by atoms with Crippen molar-refractivity contribution in [1.82, 2.24) is 20.0 Å². The van der Waals surface area contributed by atoms with E-state index in [1.165, 1.54) is 0 Å². The Balaban J connectivity index is 1.67. The molecule has 1 amide bonds. The number of rotatable bonds is 5. The Morgan fingerprint density at radius 2 is 1.88 bits per heavy atom. The predicted octanol–water partition coefficient (Wildman–Crippen LogP) is 2.33. The summed E-state index contributed by atoms with van der Waals surface area (Å²) >= 11 is 0. The van der Waals surface area contributed by atoms with Gasteiger partial charge in [-0.3, -0.25) is 4.79 Å². The second-order valence-electron chi connectivity index (χ2n) is 7.30. The average Bonchev–Trinajstić information content (AvgIpc) is 2.98. The normalized spacial score (nSPS) is 16.7. The first-order valence-electron chi connectivity index (χ1n) is 9.08. The lowest BCUT2D eigenvalue weighted by Crippen LogP contribution is -2.55. The predicted molar refractivity (Wildman–Crippen MR) is 102 cm³/mol. The summed E-state index contributed by atoms with van der Waals surface area (Å²) in [6, 6.07) is 9.62. The topological polar surface area (TPSA) is 59.4 Å². The number of aromatic nitrogens is 2. The lowest BCUT2D eigenvalue weighted by Gasteiger charge is -2.42. The Labute approximate surface area is 155 Å². The van der Waals surface area contributed by atoms with Crippen molar-refractivity contribution in [3.63, 3.8) is 0 Å². The SMILES string of the molecule is Cc1cc(C)n(-c2ccc(C(=O)NCC3(N(C)C)CCOCC3)cc2)n1. The number of carbonyl (C=O) groups excluding carboxylic acids is 1. The molecule has 0 unspecified atom stereocenters. The van der Waals surface area contributed by atoms with Crippen LogP contribution in [0.25, 0.3) is 5.69 Å². The maximum absolute atomic E-state index is 12.6. The summed E-state index contributed by atoms with van der Waals surface area (Å²) in [4.78, 5) is 14.8. The number of amides is 1. The van der Waals surface area contributed by atoms with Crippen molar-refractivity contribution in [3.8, 4) is 5.69 Å². The molecule has 1 aromatic heterocycles. The molecule has 1 aromatic carbocycles. The first-order valence-corrected chi connectivity index (χ1v) is 9.08. The summed E-state index contributed by atoms with van der Waals surface area (Å²) in [6.07, 6.45) is 1.86. The lowest BCUT2D eigenvalue weighted by molar-refractivity contribution is -0.00657. The molecule has 0 radical (unpaired) electrons. The van der Waals surface area contributed by atoms with Gasteiger partial charge in [0.15, 0.2) is 0 Å². The van der Waals surface area contributed by atoms with Crippen molar-refractivity contribution >= 4 is 5.91 Å². The number of ether oxygens (including phenoxy) is 1. The van der Waals surface area contributed by atoms with E-state index in [9.17, 15) is 4.79 Å². The summed E-state index contributed by atoms with van der Waals surface area (Å²) < 4.78 is 7.37. The van der Waals surface area contributed by atoms with Crippen LogP contribution >= 0.6 is 0 Å². The molecule has 2 heterocycles. The van der Waals surface area contributed by atoms with Gasteiger partial charge >= 0.3 is 0 Å². The smallest absolute Gasteiger partial charge is 0.251 e. The van der Waals surface area contributed by atoms with Gasteiger partial charge in [0.25, 0.3) is 5.91 Å². The molecule has 0 bridgehead atoms. The fraction of sp³-hybridized carbons (Fsp3) is 0.500. The number of carbonyl (C=O) groups is 1. The van der Waals surface area contributed by atoms with E-state index < -0.39 is 0 Å². The van der Waals surface area contributed by atoms with Gasteiger partial charge in [-0.05, 0) is 71.1 Å². The van der Waals surface area contributed by atoms with E-state index in [4.69, 9.17) is 4.74 Å². The van der Waals surface area contributed by atoms with Gasteiger partial charge in [0, 0.05) is 36.6 Å². The number of benzene rings is 1. The molecule has 1 aliphatic rings. The third kappa shape index (κ3) is 3.81. The van der Waals surface area contributed by atoms with E-state index in [1.807, 2.05) is 48.9 Å². The molecule has 0 saturated carbocycles. The van der Waals surface area contributed by atoms with Gasteiger partial charge in [0.1, 0.15) is 0 Å².